The number of aliphatic hydroxyl groups is 1. The van der Waals surface area contributed by atoms with E-state index in [0.29, 0.717) is 24.2 Å². The number of hydrogen-bond donors (Lipinski definition) is 1. The SMILES string of the molecule is Cc1cc(-c2ccc3nc4n(c3c2)[C@@H](C2CC=CC=C2OC(F)F)C[C@H]4O)cn(C)c1=O. The highest BCUT2D eigenvalue weighted by Gasteiger charge is 2.40. The van der Waals surface area contributed by atoms with Crippen molar-refractivity contribution in [2.45, 2.75) is 38.5 Å². The largest absolute Gasteiger partial charge is 0.439 e. The molecule has 1 aromatic carbocycles. The number of nitrogens with zero attached hydrogens (tertiary/aromatic N) is 3. The van der Waals surface area contributed by atoms with Gasteiger partial charge in [0.05, 0.1) is 11.0 Å². The Bertz CT molecular complexity index is 1300. The van der Waals surface area contributed by atoms with E-state index in [-0.39, 0.29) is 23.3 Å². The first-order valence-corrected chi connectivity index (χ1v) is 10.5. The Morgan fingerprint density at radius 1 is 1.25 bits per heavy atom. The molecular weight excluding hydrogens is 416 g/mol. The molecule has 6 nitrogen and oxygen atoms in total. The van der Waals surface area contributed by atoms with Gasteiger partial charge in [0.25, 0.3) is 5.56 Å². The Morgan fingerprint density at radius 3 is 2.81 bits per heavy atom. The van der Waals surface area contributed by atoms with Gasteiger partial charge in [0.2, 0.25) is 0 Å². The van der Waals surface area contributed by atoms with Crippen molar-refractivity contribution < 1.29 is 18.6 Å². The topological polar surface area (TPSA) is 69.3 Å². The first kappa shape index (κ1) is 20.6. The number of aryl methyl sites for hydroxylation is 2. The van der Waals surface area contributed by atoms with Crippen LogP contribution in [0.4, 0.5) is 8.78 Å². The second kappa shape index (κ2) is 7.70. The van der Waals surface area contributed by atoms with E-state index >= 15 is 0 Å². The lowest BCUT2D eigenvalue weighted by molar-refractivity contribution is -0.107. The van der Waals surface area contributed by atoms with Crippen LogP contribution in [0.25, 0.3) is 22.2 Å². The minimum Gasteiger partial charge on any atom is -0.439 e. The maximum atomic E-state index is 13.0. The number of imidazole rings is 1. The van der Waals surface area contributed by atoms with E-state index in [0.717, 1.165) is 22.2 Å². The Kier molecular flexibility index (Phi) is 4.97. The number of pyridine rings is 1. The van der Waals surface area contributed by atoms with Gasteiger partial charge in [0.1, 0.15) is 17.7 Å². The van der Waals surface area contributed by atoms with Crippen LogP contribution in [0.2, 0.25) is 0 Å². The van der Waals surface area contributed by atoms with Crippen LogP contribution in [-0.4, -0.2) is 25.8 Å². The smallest absolute Gasteiger partial charge is 0.387 e. The molecule has 0 saturated carbocycles. The van der Waals surface area contributed by atoms with Crippen molar-refractivity contribution in [1.82, 2.24) is 14.1 Å². The molecule has 1 unspecified atom stereocenters. The van der Waals surface area contributed by atoms with Crippen molar-refractivity contribution in [2.75, 3.05) is 0 Å². The van der Waals surface area contributed by atoms with Crippen LogP contribution in [0.1, 0.15) is 36.4 Å². The number of rotatable bonds is 4. The molecule has 1 aliphatic heterocycles. The maximum absolute atomic E-state index is 13.0. The third-order valence-corrected chi connectivity index (χ3v) is 6.35. The minimum absolute atomic E-state index is 0.0491. The summed E-state index contributed by atoms with van der Waals surface area (Å²) in [6, 6.07) is 7.37. The quantitative estimate of drug-likeness (QED) is 0.655. The third kappa shape index (κ3) is 3.35. The lowest BCUT2D eigenvalue weighted by Gasteiger charge is -2.28. The number of hydrogen-bond acceptors (Lipinski definition) is 4. The van der Waals surface area contributed by atoms with Gasteiger partial charge in [-0.15, -0.1) is 0 Å². The number of ether oxygens (including phenoxy) is 1. The highest BCUT2D eigenvalue weighted by molar-refractivity contribution is 5.83. The van der Waals surface area contributed by atoms with Gasteiger partial charge in [-0.1, -0.05) is 18.2 Å². The molecule has 0 amide bonds. The molecule has 0 saturated heterocycles. The zero-order chi connectivity index (χ0) is 22.6. The minimum atomic E-state index is -2.90. The van der Waals surface area contributed by atoms with E-state index < -0.39 is 12.7 Å². The van der Waals surface area contributed by atoms with E-state index in [4.69, 9.17) is 4.74 Å². The molecule has 0 bridgehead atoms. The second-order valence-corrected chi connectivity index (χ2v) is 8.41. The van der Waals surface area contributed by atoms with Crippen molar-refractivity contribution >= 4 is 11.0 Å². The molecule has 0 spiro atoms. The first-order chi connectivity index (χ1) is 15.3. The fraction of sp³-hybridized carbons (Fsp3) is 0.333. The number of halogens is 2. The van der Waals surface area contributed by atoms with Crippen molar-refractivity contribution in [3.63, 3.8) is 0 Å². The molecule has 1 N–H and O–H groups in total. The van der Waals surface area contributed by atoms with E-state index in [1.807, 2.05) is 34.9 Å². The van der Waals surface area contributed by atoms with E-state index in [1.165, 1.54) is 0 Å². The standard InChI is InChI=1S/C24H23F2N3O3/c1-13-9-15(12-28(2)23(13)31)14-7-8-17-19(10-14)29-18(11-20(30)22(29)27-17)16-5-3-4-6-21(16)32-24(25)26/h3-4,6-10,12,16,18,20,24,30H,5,11H2,1-2H3/t16?,18-,20-/m1/s1. The lowest BCUT2D eigenvalue weighted by atomic mass is 9.88. The second-order valence-electron chi connectivity index (χ2n) is 8.41. The fourth-order valence-corrected chi connectivity index (χ4v) is 4.90. The van der Waals surface area contributed by atoms with Gasteiger partial charge < -0.3 is 19.0 Å². The Balaban J connectivity index is 1.62. The average Bonchev–Trinajstić information content (AvgIpc) is 3.29. The first-order valence-electron chi connectivity index (χ1n) is 10.5. The number of benzene rings is 1. The fourth-order valence-electron chi connectivity index (χ4n) is 4.90. The van der Waals surface area contributed by atoms with Gasteiger partial charge in [-0.2, -0.15) is 8.78 Å². The van der Waals surface area contributed by atoms with Gasteiger partial charge in [0, 0.05) is 37.2 Å². The zero-order valence-electron chi connectivity index (χ0n) is 17.7. The van der Waals surface area contributed by atoms with Crippen LogP contribution in [0.5, 0.6) is 0 Å². The molecule has 2 aliphatic rings. The van der Waals surface area contributed by atoms with Crippen LogP contribution in [0.3, 0.4) is 0 Å². The summed E-state index contributed by atoms with van der Waals surface area (Å²) in [7, 11) is 1.72. The summed E-state index contributed by atoms with van der Waals surface area (Å²) in [5.74, 6) is 0.426. The van der Waals surface area contributed by atoms with Crippen molar-refractivity contribution in [3.05, 3.63) is 76.2 Å². The molecule has 3 heterocycles. The van der Waals surface area contributed by atoms with E-state index in [1.54, 1.807) is 36.9 Å². The molecule has 32 heavy (non-hydrogen) atoms. The summed E-state index contributed by atoms with van der Waals surface area (Å²) in [6.07, 6.45) is 7.13. The number of allylic oxidation sites excluding steroid dienone is 4. The van der Waals surface area contributed by atoms with Gasteiger partial charge in [-0.05, 0) is 48.7 Å². The predicted octanol–water partition coefficient (Wildman–Crippen LogP) is 4.39. The third-order valence-electron chi connectivity index (χ3n) is 6.35. The summed E-state index contributed by atoms with van der Waals surface area (Å²) < 4.78 is 34.3. The average molecular weight is 439 g/mol. The Labute approximate surface area is 183 Å². The molecule has 2 aromatic heterocycles. The van der Waals surface area contributed by atoms with Crippen molar-refractivity contribution in [3.8, 4) is 11.1 Å². The lowest BCUT2D eigenvalue weighted by Crippen LogP contribution is -2.22. The van der Waals surface area contributed by atoms with Crippen LogP contribution in [0, 0.1) is 12.8 Å². The summed E-state index contributed by atoms with van der Waals surface area (Å²) in [5.41, 5.74) is 3.93. The zero-order valence-corrected chi connectivity index (χ0v) is 17.7. The molecule has 5 rings (SSSR count). The molecule has 8 heteroatoms. The van der Waals surface area contributed by atoms with Gasteiger partial charge in [-0.3, -0.25) is 4.79 Å². The maximum Gasteiger partial charge on any atom is 0.387 e. The highest BCUT2D eigenvalue weighted by Crippen LogP contribution is 2.46. The predicted molar refractivity (Wildman–Crippen MR) is 116 cm³/mol. The van der Waals surface area contributed by atoms with Crippen molar-refractivity contribution in [1.29, 1.82) is 0 Å². The van der Waals surface area contributed by atoms with Gasteiger partial charge in [-0.25, -0.2) is 4.98 Å². The van der Waals surface area contributed by atoms with E-state index in [9.17, 15) is 18.7 Å². The molecule has 166 valence electrons. The summed E-state index contributed by atoms with van der Waals surface area (Å²) in [4.78, 5) is 16.7. The van der Waals surface area contributed by atoms with Crippen molar-refractivity contribution in [2.24, 2.45) is 13.0 Å². The van der Waals surface area contributed by atoms with Crippen LogP contribution in [-0.2, 0) is 11.8 Å². The normalized spacial score (nSPS) is 22.4. The molecule has 0 radical (unpaired) electrons. The molecular formula is C24H23F2N3O3. The number of fused-ring (bicyclic) bond motifs is 3. The molecule has 1 aliphatic carbocycles. The number of aliphatic hydroxyl groups excluding tert-OH is 1. The van der Waals surface area contributed by atoms with Crippen LogP contribution >= 0.6 is 0 Å². The summed E-state index contributed by atoms with van der Waals surface area (Å²) in [5, 5.41) is 10.7. The molecule has 3 aromatic rings. The van der Waals surface area contributed by atoms with E-state index in [2.05, 4.69) is 4.98 Å². The van der Waals surface area contributed by atoms with Crippen LogP contribution < -0.4 is 5.56 Å². The Morgan fingerprint density at radius 2 is 2.06 bits per heavy atom. The molecule has 0 fully saturated rings. The van der Waals surface area contributed by atoms with Crippen LogP contribution in [0.15, 0.2) is 59.2 Å². The van der Waals surface area contributed by atoms with Gasteiger partial charge >= 0.3 is 6.61 Å². The molecule has 3 atom stereocenters. The highest BCUT2D eigenvalue weighted by atomic mass is 19.3. The monoisotopic (exact) mass is 439 g/mol. The number of aromatic nitrogens is 3. The van der Waals surface area contributed by atoms with Gasteiger partial charge in [0.15, 0.2) is 0 Å². The number of alkyl halides is 2. The summed E-state index contributed by atoms with van der Waals surface area (Å²) >= 11 is 0. The Hall–Kier alpha value is -3.26. The summed E-state index contributed by atoms with van der Waals surface area (Å²) in [6.45, 7) is -1.12.